The fourth-order valence-corrected chi connectivity index (χ4v) is 2.79. The van der Waals surface area contributed by atoms with Crippen molar-refractivity contribution in [3.8, 4) is 0 Å². The average Bonchev–Trinajstić information content (AvgIpc) is 2.97. The third kappa shape index (κ3) is 3.56. The third-order valence-electron chi connectivity index (χ3n) is 2.67. The van der Waals surface area contributed by atoms with E-state index in [9.17, 15) is 4.79 Å². The van der Waals surface area contributed by atoms with Gasteiger partial charge in [-0.1, -0.05) is 11.6 Å². The lowest BCUT2D eigenvalue weighted by atomic mass is 10.1. The molecule has 7 heteroatoms. The van der Waals surface area contributed by atoms with E-state index in [0.29, 0.717) is 6.54 Å². The summed E-state index contributed by atoms with van der Waals surface area (Å²) in [5, 5.41) is 9.94. The van der Waals surface area contributed by atoms with Crippen LogP contribution in [0.1, 0.15) is 16.5 Å². The Balaban J connectivity index is 1.97. The monoisotopic (exact) mass is 298 g/mol. The van der Waals surface area contributed by atoms with Crippen molar-refractivity contribution in [3.63, 3.8) is 0 Å². The Morgan fingerprint density at radius 3 is 2.89 bits per heavy atom. The summed E-state index contributed by atoms with van der Waals surface area (Å²) in [6.07, 6.45) is 3.51. The number of aromatic nitrogens is 2. The number of aryl methyl sites for hydroxylation is 1. The molecular weight excluding hydrogens is 284 g/mol. The Labute approximate surface area is 120 Å². The molecule has 1 unspecified atom stereocenters. The maximum atomic E-state index is 12.1. The van der Waals surface area contributed by atoms with E-state index in [0.717, 1.165) is 14.8 Å². The van der Waals surface area contributed by atoms with Gasteiger partial charge < -0.3 is 10.6 Å². The molecule has 0 aliphatic rings. The normalized spacial score (nSPS) is 12.4. The fourth-order valence-electron chi connectivity index (χ4n) is 1.76. The first-order valence-electron chi connectivity index (χ1n) is 5.78. The molecule has 2 aromatic rings. The average molecular weight is 299 g/mol. The summed E-state index contributed by atoms with van der Waals surface area (Å²) in [5.41, 5.74) is 0.840. The zero-order valence-corrected chi connectivity index (χ0v) is 12.3. The Kier molecular flexibility index (Phi) is 4.57. The molecule has 19 heavy (non-hydrogen) atoms. The first kappa shape index (κ1) is 14.0. The van der Waals surface area contributed by atoms with Crippen LogP contribution in [-0.4, -0.2) is 22.7 Å². The van der Waals surface area contributed by atoms with Crippen molar-refractivity contribution in [2.45, 2.75) is 12.6 Å². The largest absolute Gasteiger partial charge is 0.350 e. The van der Waals surface area contributed by atoms with E-state index in [1.807, 2.05) is 25.4 Å². The summed E-state index contributed by atoms with van der Waals surface area (Å²) >= 11 is 7.31. The molecule has 2 N–H and O–H groups in total. The minimum absolute atomic E-state index is 0.0833. The van der Waals surface area contributed by atoms with Crippen molar-refractivity contribution in [1.82, 2.24) is 20.4 Å². The SMILES string of the molecule is CNC(C(=O)NCc1ccc(Cl)s1)c1cnn(C)c1. The lowest BCUT2D eigenvalue weighted by Crippen LogP contribution is -2.35. The van der Waals surface area contributed by atoms with E-state index in [1.54, 1.807) is 17.9 Å². The van der Waals surface area contributed by atoms with Gasteiger partial charge in [0.15, 0.2) is 0 Å². The number of nitrogens with zero attached hydrogens (tertiary/aromatic N) is 2. The van der Waals surface area contributed by atoms with Crippen LogP contribution in [0.4, 0.5) is 0 Å². The highest BCUT2D eigenvalue weighted by molar-refractivity contribution is 7.16. The second-order valence-electron chi connectivity index (χ2n) is 4.09. The van der Waals surface area contributed by atoms with E-state index in [2.05, 4.69) is 15.7 Å². The van der Waals surface area contributed by atoms with Crippen LogP contribution in [0.2, 0.25) is 4.34 Å². The van der Waals surface area contributed by atoms with Gasteiger partial charge in [-0.15, -0.1) is 11.3 Å². The molecule has 2 aromatic heterocycles. The number of nitrogens with one attached hydrogen (secondary N) is 2. The van der Waals surface area contributed by atoms with Crippen LogP contribution >= 0.6 is 22.9 Å². The summed E-state index contributed by atoms with van der Waals surface area (Å²) in [5.74, 6) is -0.0833. The summed E-state index contributed by atoms with van der Waals surface area (Å²) in [4.78, 5) is 13.2. The van der Waals surface area contributed by atoms with Gasteiger partial charge >= 0.3 is 0 Å². The number of halogens is 1. The van der Waals surface area contributed by atoms with E-state index in [4.69, 9.17) is 11.6 Å². The molecule has 0 radical (unpaired) electrons. The van der Waals surface area contributed by atoms with Crippen LogP contribution in [0.25, 0.3) is 0 Å². The molecule has 0 fully saturated rings. The molecule has 5 nitrogen and oxygen atoms in total. The predicted octanol–water partition coefficient (Wildman–Crippen LogP) is 1.71. The molecule has 1 amide bonds. The number of rotatable bonds is 5. The maximum absolute atomic E-state index is 12.1. The van der Waals surface area contributed by atoms with Gasteiger partial charge in [0.25, 0.3) is 0 Å². The van der Waals surface area contributed by atoms with Crippen LogP contribution in [-0.2, 0) is 18.4 Å². The third-order valence-corrected chi connectivity index (χ3v) is 3.91. The maximum Gasteiger partial charge on any atom is 0.242 e. The molecule has 0 aliphatic heterocycles. The second kappa shape index (κ2) is 6.18. The van der Waals surface area contributed by atoms with Gasteiger partial charge in [0.05, 0.1) is 17.1 Å². The number of amides is 1. The zero-order valence-electron chi connectivity index (χ0n) is 10.7. The molecule has 0 spiro atoms. The smallest absolute Gasteiger partial charge is 0.242 e. The lowest BCUT2D eigenvalue weighted by molar-refractivity contribution is -0.123. The van der Waals surface area contributed by atoms with Gasteiger partial charge in [0.2, 0.25) is 5.91 Å². The number of thiophene rings is 1. The summed E-state index contributed by atoms with van der Waals surface area (Å²) in [6, 6.07) is 3.33. The molecular formula is C12H15ClN4OS. The van der Waals surface area contributed by atoms with Crippen molar-refractivity contribution in [1.29, 1.82) is 0 Å². The molecule has 2 heterocycles. The number of carbonyl (C=O) groups excluding carboxylic acids is 1. The van der Waals surface area contributed by atoms with Crippen molar-refractivity contribution in [2.75, 3.05) is 7.05 Å². The first-order valence-corrected chi connectivity index (χ1v) is 6.97. The lowest BCUT2D eigenvalue weighted by Gasteiger charge is -2.14. The van der Waals surface area contributed by atoms with Crippen LogP contribution in [0.3, 0.4) is 0 Å². The molecule has 0 aliphatic carbocycles. The molecule has 0 saturated heterocycles. The highest BCUT2D eigenvalue weighted by atomic mass is 35.5. The Bertz CT molecular complexity index is 566. The summed E-state index contributed by atoms with van der Waals surface area (Å²) < 4.78 is 2.40. The minimum Gasteiger partial charge on any atom is -0.350 e. The van der Waals surface area contributed by atoms with E-state index < -0.39 is 6.04 Å². The standard InChI is InChI=1S/C12H15ClN4OS/c1-14-11(8-5-16-17(2)7-8)12(18)15-6-9-3-4-10(13)19-9/h3-5,7,11,14H,6H2,1-2H3,(H,15,18). The van der Waals surface area contributed by atoms with Gasteiger partial charge in [-0.25, -0.2) is 0 Å². The number of carbonyl (C=O) groups is 1. The topological polar surface area (TPSA) is 59.0 Å². The number of hydrogen-bond donors (Lipinski definition) is 2. The fraction of sp³-hybridized carbons (Fsp3) is 0.333. The Morgan fingerprint density at radius 2 is 2.37 bits per heavy atom. The van der Waals surface area contributed by atoms with E-state index >= 15 is 0 Å². The van der Waals surface area contributed by atoms with Gasteiger partial charge in [-0.2, -0.15) is 5.10 Å². The zero-order chi connectivity index (χ0) is 13.8. The quantitative estimate of drug-likeness (QED) is 0.883. The highest BCUT2D eigenvalue weighted by Crippen LogP contribution is 2.21. The Hall–Kier alpha value is -1.37. The van der Waals surface area contributed by atoms with Crippen LogP contribution in [0, 0.1) is 0 Å². The van der Waals surface area contributed by atoms with Crippen LogP contribution in [0.5, 0.6) is 0 Å². The van der Waals surface area contributed by atoms with Crippen LogP contribution < -0.4 is 10.6 Å². The summed E-state index contributed by atoms with van der Waals surface area (Å²) in [6.45, 7) is 0.481. The van der Waals surface area contributed by atoms with Gasteiger partial charge in [0.1, 0.15) is 6.04 Å². The summed E-state index contributed by atoms with van der Waals surface area (Å²) in [7, 11) is 3.57. The van der Waals surface area contributed by atoms with E-state index in [-0.39, 0.29) is 5.91 Å². The van der Waals surface area contributed by atoms with Crippen LogP contribution in [0.15, 0.2) is 24.5 Å². The van der Waals surface area contributed by atoms with Gasteiger partial charge in [-0.05, 0) is 19.2 Å². The van der Waals surface area contributed by atoms with Crippen molar-refractivity contribution < 1.29 is 4.79 Å². The van der Waals surface area contributed by atoms with Crippen molar-refractivity contribution >= 4 is 28.8 Å². The molecule has 0 bridgehead atoms. The first-order chi connectivity index (χ1) is 9.10. The number of likely N-dealkylation sites (N-methyl/N-ethyl adjacent to an activating group) is 1. The van der Waals surface area contributed by atoms with E-state index in [1.165, 1.54) is 11.3 Å². The van der Waals surface area contributed by atoms with Crippen molar-refractivity contribution in [3.05, 3.63) is 39.3 Å². The molecule has 0 aromatic carbocycles. The molecule has 1 atom stereocenters. The van der Waals surface area contributed by atoms with Crippen molar-refractivity contribution in [2.24, 2.45) is 7.05 Å². The second-order valence-corrected chi connectivity index (χ2v) is 5.89. The molecule has 102 valence electrons. The number of hydrogen-bond acceptors (Lipinski definition) is 4. The van der Waals surface area contributed by atoms with Gasteiger partial charge in [-0.3, -0.25) is 9.48 Å². The molecule has 0 saturated carbocycles. The predicted molar refractivity (Wildman–Crippen MR) is 76.2 cm³/mol. The highest BCUT2D eigenvalue weighted by Gasteiger charge is 2.19. The Morgan fingerprint density at radius 1 is 1.58 bits per heavy atom. The minimum atomic E-state index is -0.399. The molecule has 2 rings (SSSR count). The van der Waals surface area contributed by atoms with Gasteiger partial charge in [0, 0.05) is 23.7 Å².